The standard InChI is InChI=1S/C29H31N3O5S/c1-29(2)13-21-27(22(33)14-29)26(17-6-11-23(36-4)24(12-17)37-5)20(15-30)28(32-21)38-16-25(34)31-18-7-9-19(35-3)10-8-18/h6-12,26,32H,13-14,16H2,1-5H3,(H,31,34). The van der Waals surface area contributed by atoms with Crippen LogP contribution in [0.25, 0.3) is 0 Å². The highest BCUT2D eigenvalue weighted by Crippen LogP contribution is 2.48. The molecule has 38 heavy (non-hydrogen) atoms. The molecule has 198 valence electrons. The molecule has 2 aliphatic rings. The number of amides is 1. The predicted molar refractivity (Wildman–Crippen MR) is 147 cm³/mol. The quantitative estimate of drug-likeness (QED) is 0.480. The molecule has 1 heterocycles. The zero-order valence-corrected chi connectivity index (χ0v) is 23.0. The van der Waals surface area contributed by atoms with Crippen molar-refractivity contribution in [3.63, 3.8) is 0 Å². The fourth-order valence-corrected chi connectivity index (χ4v) is 5.73. The van der Waals surface area contributed by atoms with Crippen LogP contribution in [0.4, 0.5) is 5.69 Å². The van der Waals surface area contributed by atoms with Crippen LogP contribution < -0.4 is 24.8 Å². The number of benzene rings is 2. The van der Waals surface area contributed by atoms with E-state index in [1.165, 1.54) is 11.8 Å². The molecule has 1 aliphatic heterocycles. The summed E-state index contributed by atoms with van der Waals surface area (Å²) in [6, 6.07) is 14.8. The van der Waals surface area contributed by atoms with E-state index in [1.807, 2.05) is 12.1 Å². The number of dihydropyridines is 1. The van der Waals surface area contributed by atoms with Crippen molar-refractivity contribution in [1.29, 1.82) is 5.26 Å². The molecule has 1 aliphatic carbocycles. The molecule has 0 fully saturated rings. The largest absolute Gasteiger partial charge is 0.497 e. The molecule has 0 aromatic heterocycles. The van der Waals surface area contributed by atoms with Gasteiger partial charge in [-0.3, -0.25) is 9.59 Å². The van der Waals surface area contributed by atoms with Crippen LogP contribution in [0.3, 0.4) is 0 Å². The molecule has 1 amide bonds. The van der Waals surface area contributed by atoms with E-state index in [2.05, 4.69) is 30.6 Å². The Labute approximate surface area is 227 Å². The highest BCUT2D eigenvalue weighted by molar-refractivity contribution is 8.03. The Bertz CT molecular complexity index is 1360. The van der Waals surface area contributed by atoms with Gasteiger partial charge in [-0.15, -0.1) is 0 Å². The summed E-state index contributed by atoms with van der Waals surface area (Å²) in [7, 11) is 4.69. The summed E-state index contributed by atoms with van der Waals surface area (Å²) in [6.45, 7) is 4.11. The summed E-state index contributed by atoms with van der Waals surface area (Å²) >= 11 is 1.25. The summed E-state index contributed by atoms with van der Waals surface area (Å²) in [4.78, 5) is 26.2. The van der Waals surface area contributed by atoms with Crippen LogP contribution in [0.2, 0.25) is 0 Å². The van der Waals surface area contributed by atoms with Gasteiger partial charge in [-0.2, -0.15) is 5.26 Å². The monoisotopic (exact) mass is 533 g/mol. The Morgan fingerprint density at radius 2 is 1.79 bits per heavy atom. The van der Waals surface area contributed by atoms with Gasteiger partial charge in [0.2, 0.25) is 5.91 Å². The second-order valence-corrected chi connectivity index (χ2v) is 10.9. The second kappa shape index (κ2) is 11.2. The number of thioether (sulfide) groups is 1. The zero-order chi connectivity index (χ0) is 27.4. The van der Waals surface area contributed by atoms with E-state index in [0.717, 1.165) is 11.3 Å². The lowest BCUT2D eigenvalue weighted by atomic mass is 9.69. The Morgan fingerprint density at radius 3 is 2.42 bits per heavy atom. The van der Waals surface area contributed by atoms with Gasteiger partial charge >= 0.3 is 0 Å². The van der Waals surface area contributed by atoms with E-state index in [0.29, 0.717) is 52.0 Å². The lowest BCUT2D eigenvalue weighted by Gasteiger charge is -2.39. The molecular formula is C29H31N3O5S. The fourth-order valence-electron chi connectivity index (χ4n) is 4.87. The number of carbonyl (C=O) groups excluding carboxylic acids is 2. The van der Waals surface area contributed by atoms with Gasteiger partial charge in [0.1, 0.15) is 5.75 Å². The summed E-state index contributed by atoms with van der Waals surface area (Å²) in [5.41, 5.74) is 2.96. The molecule has 0 saturated heterocycles. The molecule has 9 heteroatoms. The first-order valence-electron chi connectivity index (χ1n) is 12.2. The van der Waals surface area contributed by atoms with E-state index >= 15 is 0 Å². The number of nitriles is 1. The number of anilines is 1. The van der Waals surface area contributed by atoms with Gasteiger partial charge < -0.3 is 24.8 Å². The van der Waals surface area contributed by atoms with Crippen LogP contribution in [-0.2, 0) is 9.59 Å². The summed E-state index contributed by atoms with van der Waals surface area (Å²) in [5, 5.41) is 17.1. The molecule has 4 rings (SSSR count). The van der Waals surface area contributed by atoms with Gasteiger partial charge in [0.05, 0.1) is 49.7 Å². The average molecular weight is 534 g/mol. The van der Waals surface area contributed by atoms with Crippen molar-refractivity contribution >= 4 is 29.1 Å². The third-order valence-electron chi connectivity index (χ3n) is 6.59. The first-order valence-corrected chi connectivity index (χ1v) is 13.1. The van der Waals surface area contributed by atoms with Crippen molar-refractivity contribution in [3.05, 3.63) is 69.9 Å². The maximum Gasteiger partial charge on any atom is 0.234 e. The van der Waals surface area contributed by atoms with Crippen molar-refractivity contribution in [2.75, 3.05) is 32.4 Å². The van der Waals surface area contributed by atoms with Gasteiger partial charge in [-0.05, 0) is 53.8 Å². The van der Waals surface area contributed by atoms with Crippen LogP contribution >= 0.6 is 11.8 Å². The molecule has 0 spiro atoms. The van der Waals surface area contributed by atoms with Crippen LogP contribution in [0, 0.1) is 16.7 Å². The average Bonchev–Trinajstić information content (AvgIpc) is 2.90. The minimum Gasteiger partial charge on any atom is -0.497 e. The Morgan fingerprint density at radius 1 is 1.08 bits per heavy atom. The van der Waals surface area contributed by atoms with E-state index < -0.39 is 5.92 Å². The number of methoxy groups -OCH3 is 3. The van der Waals surface area contributed by atoms with Gasteiger partial charge in [0.25, 0.3) is 0 Å². The summed E-state index contributed by atoms with van der Waals surface area (Å²) in [5.74, 6) is 1.07. The topological polar surface area (TPSA) is 110 Å². The van der Waals surface area contributed by atoms with Crippen molar-refractivity contribution in [3.8, 4) is 23.3 Å². The number of allylic oxidation sites excluding steroid dienone is 3. The lowest BCUT2D eigenvalue weighted by Crippen LogP contribution is -2.37. The number of hydrogen-bond acceptors (Lipinski definition) is 8. The number of nitrogens with one attached hydrogen (secondary N) is 2. The molecule has 2 aromatic carbocycles. The van der Waals surface area contributed by atoms with Gasteiger partial charge in [-0.1, -0.05) is 31.7 Å². The van der Waals surface area contributed by atoms with Gasteiger partial charge in [0, 0.05) is 23.4 Å². The minimum atomic E-state index is -0.577. The molecule has 8 nitrogen and oxygen atoms in total. The van der Waals surface area contributed by atoms with E-state index in [-0.39, 0.29) is 22.9 Å². The number of nitrogens with zero attached hydrogens (tertiary/aromatic N) is 1. The number of Topliss-reactive ketones (excluding diaryl/α,β-unsaturated/α-hetero) is 1. The zero-order valence-electron chi connectivity index (χ0n) is 22.1. The molecule has 0 saturated carbocycles. The third-order valence-corrected chi connectivity index (χ3v) is 7.61. The smallest absolute Gasteiger partial charge is 0.234 e. The highest BCUT2D eigenvalue weighted by atomic mass is 32.2. The minimum absolute atomic E-state index is 0.0117. The third kappa shape index (κ3) is 5.65. The number of ether oxygens (including phenoxy) is 3. The van der Waals surface area contributed by atoms with Crippen LogP contribution in [0.5, 0.6) is 17.2 Å². The van der Waals surface area contributed by atoms with Crippen LogP contribution in [-0.4, -0.2) is 38.8 Å². The fraction of sp³-hybridized carbons (Fsp3) is 0.345. The maximum absolute atomic E-state index is 13.4. The van der Waals surface area contributed by atoms with E-state index in [9.17, 15) is 14.9 Å². The first kappa shape index (κ1) is 27.1. The number of ketones is 1. The molecule has 0 bridgehead atoms. The summed E-state index contributed by atoms with van der Waals surface area (Å²) < 4.78 is 16.0. The SMILES string of the molecule is COc1ccc(NC(=O)CSC2=C(C#N)C(c3ccc(OC)c(OC)c3)C3=C(CC(C)(C)CC3=O)N2)cc1. The number of carbonyl (C=O) groups is 2. The number of hydrogen-bond donors (Lipinski definition) is 2. The van der Waals surface area contributed by atoms with Gasteiger partial charge in [-0.25, -0.2) is 0 Å². The van der Waals surface area contributed by atoms with Crippen molar-refractivity contribution < 1.29 is 23.8 Å². The van der Waals surface area contributed by atoms with E-state index in [1.54, 1.807) is 51.7 Å². The van der Waals surface area contributed by atoms with E-state index in [4.69, 9.17) is 14.2 Å². The maximum atomic E-state index is 13.4. The molecular weight excluding hydrogens is 502 g/mol. The lowest BCUT2D eigenvalue weighted by molar-refractivity contribution is -0.118. The first-order chi connectivity index (χ1) is 18.2. The normalized spacial score (nSPS) is 18.2. The van der Waals surface area contributed by atoms with Crippen molar-refractivity contribution in [1.82, 2.24) is 5.32 Å². The Balaban J connectivity index is 1.67. The highest BCUT2D eigenvalue weighted by Gasteiger charge is 2.42. The predicted octanol–water partition coefficient (Wildman–Crippen LogP) is 5.15. The molecule has 0 radical (unpaired) electrons. The van der Waals surface area contributed by atoms with Crippen molar-refractivity contribution in [2.24, 2.45) is 5.41 Å². The van der Waals surface area contributed by atoms with Gasteiger partial charge in [0.15, 0.2) is 17.3 Å². The summed E-state index contributed by atoms with van der Waals surface area (Å²) in [6.07, 6.45) is 1.04. The van der Waals surface area contributed by atoms with Crippen LogP contribution in [0.1, 0.15) is 38.2 Å². The van der Waals surface area contributed by atoms with Crippen molar-refractivity contribution in [2.45, 2.75) is 32.6 Å². The molecule has 2 N–H and O–H groups in total. The molecule has 2 aromatic rings. The number of rotatable bonds is 8. The molecule has 1 atom stereocenters. The second-order valence-electron chi connectivity index (χ2n) is 9.93. The Kier molecular flexibility index (Phi) is 8.02. The van der Waals surface area contributed by atoms with Crippen LogP contribution in [0.15, 0.2) is 64.3 Å². The Hall–Kier alpha value is -3.90. The molecule has 1 unspecified atom stereocenters.